The molecule has 0 radical (unpaired) electrons. The molecule has 2 amide bonds. The number of H-pyrrole nitrogens is 1. The molecule has 35 heavy (non-hydrogen) atoms. The number of likely N-dealkylation sites (N-methyl/N-ethyl adjacent to an activating group) is 1. The van der Waals surface area contributed by atoms with Crippen LogP contribution < -0.4 is 5.32 Å². The minimum Gasteiger partial charge on any atom is -0.360 e. The van der Waals surface area contributed by atoms with Crippen LogP contribution in [0, 0.1) is 10.8 Å². The molecule has 3 fully saturated rings. The normalized spacial score (nSPS) is 26.9. The zero-order valence-electron chi connectivity index (χ0n) is 21.8. The topological polar surface area (TPSA) is 71.7 Å². The van der Waals surface area contributed by atoms with Gasteiger partial charge in [-0.1, -0.05) is 20.8 Å². The van der Waals surface area contributed by atoms with E-state index < -0.39 is 0 Å². The highest BCUT2D eigenvalue weighted by atomic mass is 16.2. The minimum absolute atomic E-state index is 0.0782. The van der Waals surface area contributed by atoms with Gasteiger partial charge < -0.3 is 25.0 Å². The van der Waals surface area contributed by atoms with Gasteiger partial charge in [-0.2, -0.15) is 0 Å². The number of carbonyl (C=O) groups excluding carboxylic acids is 2. The molecule has 2 saturated heterocycles. The average Bonchev–Trinajstić information content (AvgIpc) is 3.33. The predicted octanol–water partition coefficient (Wildman–Crippen LogP) is 3.58. The molecule has 3 heterocycles. The summed E-state index contributed by atoms with van der Waals surface area (Å²) in [5, 5.41) is 3.90. The smallest absolute Gasteiger partial charge is 0.254 e. The number of amides is 2. The summed E-state index contributed by atoms with van der Waals surface area (Å²) in [5.41, 5.74) is 2.65. The zero-order valence-corrected chi connectivity index (χ0v) is 21.8. The summed E-state index contributed by atoms with van der Waals surface area (Å²) >= 11 is 0. The molecule has 190 valence electrons. The van der Waals surface area contributed by atoms with Crippen molar-refractivity contribution in [1.82, 2.24) is 25.0 Å². The lowest BCUT2D eigenvalue weighted by Crippen LogP contribution is -2.45. The van der Waals surface area contributed by atoms with E-state index in [2.05, 4.69) is 52.8 Å². The summed E-state index contributed by atoms with van der Waals surface area (Å²) in [6.07, 6.45) is 6.02. The number of hydrogen-bond donors (Lipinski definition) is 2. The molecule has 2 aliphatic heterocycles. The number of nitrogens with zero attached hydrogens (tertiary/aromatic N) is 3. The molecular weight excluding hydrogens is 438 g/mol. The molecule has 2 atom stereocenters. The van der Waals surface area contributed by atoms with Gasteiger partial charge in [-0.3, -0.25) is 9.59 Å². The molecule has 1 saturated carbocycles. The monoisotopic (exact) mass is 479 g/mol. The Morgan fingerprint density at radius 3 is 2.66 bits per heavy atom. The van der Waals surface area contributed by atoms with Crippen molar-refractivity contribution < 1.29 is 9.59 Å². The molecule has 2 N–H and O–H groups in total. The van der Waals surface area contributed by atoms with Gasteiger partial charge in [0.2, 0.25) is 0 Å². The Morgan fingerprint density at radius 2 is 1.89 bits per heavy atom. The fourth-order valence-corrected chi connectivity index (χ4v) is 6.98. The Labute approximate surface area is 209 Å². The first-order valence-electron chi connectivity index (χ1n) is 13.2. The Morgan fingerprint density at radius 1 is 1.11 bits per heavy atom. The van der Waals surface area contributed by atoms with Crippen molar-refractivity contribution >= 4 is 22.7 Å². The van der Waals surface area contributed by atoms with Crippen LogP contribution in [0.5, 0.6) is 0 Å². The molecule has 2 aromatic rings. The van der Waals surface area contributed by atoms with Crippen molar-refractivity contribution in [3.05, 3.63) is 35.5 Å². The first-order chi connectivity index (χ1) is 16.6. The Kier molecular flexibility index (Phi) is 6.43. The van der Waals surface area contributed by atoms with Gasteiger partial charge in [-0.15, -0.1) is 0 Å². The number of fused-ring (bicyclic) bond motifs is 3. The number of piperazine rings is 1. The van der Waals surface area contributed by atoms with Crippen LogP contribution in [0.4, 0.5) is 0 Å². The van der Waals surface area contributed by atoms with E-state index in [0.717, 1.165) is 75.9 Å². The number of aromatic nitrogens is 1. The van der Waals surface area contributed by atoms with Crippen LogP contribution in [0.1, 0.15) is 67.2 Å². The summed E-state index contributed by atoms with van der Waals surface area (Å²) in [6.45, 7) is 13.9. The molecule has 1 aromatic heterocycles. The van der Waals surface area contributed by atoms with E-state index in [-0.39, 0.29) is 22.6 Å². The van der Waals surface area contributed by atoms with E-state index in [0.29, 0.717) is 23.7 Å². The lowest BCUT2D eigenvalue weighted by atomic mass is 9.65. The molecule has 1 aromatic carbocycles. The van der Waals surface area contributed by atoms with Gasteiger partial charge in [0.15, 0.2) is 0 Å². The van der Waals surface area contributed by atoms with Crippen molar-refractivity contribution in [2.24, 2.45) is 10.8 Å². The van der Waals surface area contributed by atoms with E-state index in [1.807, 2.05) is 18.2 Å². The van der Waals surface area contributed by atoms with Gasteiger partial charge in [0, 0.05) is 68.0 Å². The minimum atomic E-state index is -0.0782. The second-order valence-corrected chi connectivity index (χ2v) is 12.4. The second kappa shape index (κ2) is 9.25. The molecular formula is C28H41N5O2. The highest BCUT2D eigenvalue weighted by Crippen LogP contribution is 2.52. The lowest BCUT2D eigenvalue weighted by molar-refractivity contribution is 0.0708. The van der Waals surface area contributed by atoms with Crippen LogP contribution in [-0.2, 0) is 0 Å². The lowest BCUT2D eigenvalue weighted by Gasteiger charge is -2.39. The molecule has 2 bridgehead atoms. The molecule has 5 rings (SSSR count). The van der Waals surface area contributed by atoms with Crippen LogP contribution in [-0.4, -0.2) is 90.4 Å². The molecule has 0 spiro atoms. The van der Waals surface area contributed by atoms with Gasteiger partial charge in [-0.25, -0.2) is 0 Å². The van der Waals surface area contributed by atoms with Gasteiger partial charge in [0.1, 0.15) is 0 Å². The SMILES string of the molecule is CN1CCN(CCCNC(=O)c2c[nH]c3ccc(C(=O)N4CC5(C)CC4CC(C)(C)C5)cc23)CC1. The summed E-state index contributed by atoms with van der Waals surface area (Å²) < 4.78 is 0. The fourth-order valence-electron chi connectivity index (χ4n) is 6.98. The highest BCUT2D eigenvalue weighted by Gasteiger charge is 2.51. The first-order valence-corrected chi connectivity index (χ1v) is 13.2. The van der Waals surface area contributed by atoms with E-state index in [1.165, 1.54) is 0 Å². The van der Waals surface area contributed by atoms with Crippen LogP contribution in [0.2, 0.25) is 0 Å². The molecule has 3 aliphatic rings. The third kappa shape index (κ3) is 5.12. The Balaban J connectivity index is 1.23. The van der Waals surface area contributed by atoms with E-state index in [9.17, 15) is 9.59 Å². The summed E-state index contributed by atoms with van der Waals surface area (Å²) in [4.78, 5) is 36.7. The average molecular weight is 480 g/mol. The number of aromatic amines is 1. The van der Waals surface area contributed by atoms with Crippen LogP contribution in [0.25, 0.3) is 10.9 Å². The fraction of sp³-hybridized carbons (Fsp3) is 0.643. The quantitative estimate of drug-likeness (QED) is 0.622. The molecule has 1 aliphatic carbocycles. The van der Waals surface area contributed by atoms with Crippen molar-refractivity contribution in [3.63, 3.8) is 0 Å². The van der Waals surface area contributed by atoms with Crippen LogP contribution in [0.3, 0.4) is 0 Å². The zero-order chi connectivity index (χ0) is 24.8. The van der Waals surface area contributed by atoms with Gasteiger partial charge in [0.25, 0.3) is 11.8 Å². The van der Waals surface area contributed by atoms with E-state index >= 15 is 0 Å². The van der Waals surface area contributed by atoms with Crippen LogP contribution >= 0.6 is 0 Å². The number of benzene rings is 1. The van der Waals surface area contributed by atoms with Gasteiger partial charge >= 0.3 is 0 Å². The Bertz CT molecular complexity index is 1100. The number of nitrogens with one attached hydrogen (secondary N) is 2. The summed E-state index contributed by atoms with van der Waals surface area (Å²) in [5.74, 6) is 0.0172. The van der Waals surface area contributed by atoms with Gasteiger partial charge in [0.05, 0.1) is 5.56 Å². The number of likely N-dealkylation sites (tertiary alicyclic amines) is 1. The molecule has 7 nitrogen and oxygen atoms in total. The van der Waals surface area contributed by atoms with E-state index in [4.69, 9.17) is 0 Å². The Hall–Kier alpha value is -2.38. The van der Waals surface area contributed by atoms with Crippen LogP contribution in [0.15, 0.2) is 24.4 Å². The van der Waals surface area contributed by atoms with Gasteiger partial charge in [-0.05, 0) is 68.3 Å². The number of rotatable bonds is 6. The third-order valence-electron chi connectivity index (χ3n) is 8.38. The molecule has 2 unspecified atom stereocenters. The van der Waals surface area contributed by atoms with E-state index in [1.54, 1.807) is 6.20 Å². The predicted molar refractivity (Wildman–Crippen MR) is 140 cm³/mol. The largest absolute Gasteiger partial charge is 0.360 e. The van der Waals surface area contributed by atoms with Crippen molar-refractivity contribution in [2.75, 3.05) is 52.9 Å². The standard InChI is InChI=1S/C28H41N5O2/c1-27(2)15-21-16-28(3,18-27)19-33(21)26(35)20-6-7-24-22(14-20)23(17-30-24)25(34)29-8-5-9-32-12-10-31(4)11-13-32/h6-7,14,17,21,30H,5,8-13,15-16,18-19H2,1-4H3,(H,29,34). The maximum atomic E-state index is 13.6. The maximum absolute atomic E-state index is 13.6. The second-order valence-electron chi connectivity index (χ2n) is 12.4. The maximum Gasteiger partial charge on any atom is 0.254 e. The third-order valence-corrected chi connectivity index (χ3v) is 8.38. The number of hydrogen-bond acceptors (Lipinski definition) is 4. The number of carbonyl (C=O) groups is 2. The van der Waals surface area contributed by atoms with Crippen molar-refractivity contribution in [1.29, 1.82) is 0 Å². The summed E-state index contributed by atoms with van der Waals surface area (Å²) in [7, 11) is 2.16. The van der Waals surface area contributed by atoms with Crippen molar-refractivity contribution in [2.45, 2.75) is 52.5 Å². The first kappa shape index (κ1) is 24.3. The van der Waals surface area contributed by atoms with Crippen molar-refractivity contribution in [3.8, 4) is 0 Å². The molecule has 7 heteroatoms. The highest BCUT2D eigenvalue weighted by molar-refractivity contribution is 6.09. The summed E-state index contributed by atoms with van der Waals surface area (Å²) in [6, 6.07) is 6.04.